The minimum Gasteiger partial charge on any atom is -0.382 e. The van der Waals surface area contributed by atoms with E-state index < -0.39 is 0 Å². The standard InChI is InChI=1S/C16H24N2O/c1-4-17-16(19)14-8-5-11(2)15(10-14)18-12(3)9-13-6-7-13/h5,8,10,12-13,18H,4,6-7,9H2,1-3H3,(H,17,19). The molecule has 2 rings (SSSR count). The molecule has 104 valence electrons. The molecule has 0 aliphatic heterocycles. The lowest BCUT2D eigenvalue weighted by Gasteiger charge is -2.17. The number of aryl methyl sites for hydroxylation is 1. The van der Waals surface area contributed by atoms with Crippen LogP contribution in [-0.4, -0.2) is 18.5 Å². The van der Waals surface area contributed by atoms with Gasteiger partial charge in [-0.1, -0.05) is 18.9 Å². The molecule has 0 bridgehead atoms. The van der Waals surface area contributed by atoms with E-state index in [1.807, 2.05) is 25.1 Å². The Morgan fingerprint density at radius 1 is 1.42 bits per heavy atom. The van der Waals surface area contributed by atoms with Gasteiger partial charge in [0.05, 0.1) is 0 Å². The summed E-state index contributed by atoms with van der Waals surface area (Å²) in [6.07, 6.45) is 3.98. The van der Waals surface area contributed by atoms with Gasteiger partial charge in [-0.2, -0.15) is 0 Å². The van der Waals surface area contributed by atoms with Crippen LogP contribution in [-0.2, 0) is 0 Å². The van der Waals surface area contributed by atoms with Crippen molar-refractivity contribution in [3.8, 4) is 0 Å². The molecule has 0 spiro atoms. The molecule has 1 amide bonds. The first-order valence-electron chi connectivity index (χ1n) is 7.25. The van der Waals surface area contributed by atoms with Gasteiger partial charge in [-0.05, 0) is 50.8 Å². The molecule has 3 heteroatoms. The van der Waals surface area contributed by atoms with Gasteiger partial charge in [-0.15, -0.1) is 0 Å². The van der Waals surface area contributed by atoms with Gasteiger partial charge in [0.1, 0.15) is 0 Å². The molecule has 1 unspecified atom stereocenters. The van der Waals surface area contributed by atoms with Gasteiger partial charge in [0.25, 0.3) is 5.91 Å². The quantitative estimate of drug-likeness (QED) is 0.823. The highest BCUT2D eigenvalue weighted by Gasteiger charge is 2.23. The van der Waals surface area contributed by atoms with E-state index in [1.165, 1.54) is 24.8 Å². The summed E-state index contributed by atoms with van der Waals surface area (Å²) in [4.78, 5) is 11.8. The van der Waals surface area contributed by atoms with Crippen molar-refractivity contribution in [3.63, 3.8) is 0 Å². The van der Waals surface area contributed by atoms with Crippen LogP contribution in [0.4, 0.5) is 5.69 Å². The summed E-state index contributed by atoms with van der Waals surface area (Å²) in [6.45, 7) is 6.89. The number of carbonyl (C=O) groups is 1. The fourth-order valence-electron chi connectivity index (χ4n) is 2.36. The number of hydrogen-bond acceptors (Lipinski definition) is 2. The van der Waals surface area contributed by atoms with E-state index in [0.717, 1.165) is 17.2 Å². The van der Waals surface area contributed by atoms with Crippen LogP contribution in [0, 0.1) is 12.8 Å². The Kier molecular flexibility index (Phi) is 4.46. The normalized spacial score (nSPS) is 15.9. The molecule has 3 nitrogen and oxygen atoms in total. The largest absolute Gasteiger partial charge is 0.382 e. The molecule has 1 aromatic rings. The predicted molar refractivity (Wildman–Crippen MR) is 79.6 cm³/mol. The zero-order valence-electron chi connectivity index (χ0n) is 12.1. The Morgan fingerprint density at radius 2 is 2.16 bits per heavy atom. The maximum atomic E-state index is 11.8. The number of carbonyl (C=O) groups excluding carboxylic acids is 1. The van der Waals surface area contributed by atoms with E-state index >= 15 is 0 Å². The van der Waals surface area contributed by atoms with Crippen molar-refractivity contribution in [3.05, 3.63) is 29.3 Å². The first-order chi connectivity index (χ1) is 9.10. The highest BCUT2D eigenvalue weighted by atomic mass is 16.1. The second-order valence-corrected chi connectivity index (χ2v) is 5.61. The molecule has 1 aromatic carbocycles. The third-order valence-corrected chi connectivity index (χ3v) is 3.62. The zero-order chi connectivity index (χ0) is 13.8. The summed E-state index contributed by atoms with van der Waals surface area (Å²) in [5.74, 6) is 0.912. The first kappa shape index (κ1) is 13.9. The van der Waals surface area contributed by atoms with Gasteiger partial charge in [0.2, 0.25) is 0 Å². The fraction of sp³-hybridized carbons (Fsp3) is 0.562. The van der Waals surface area contributed by atoms with Crippen LogP contribution >= 0.6 is 0 Å². The number of anilines is 1. The van der Waals surface area contributed by atoms with Crippen molar-refractivity contribution in [2.75, 3.05) is 11.9 Å². The summed E-state index contributed by atoms with van der Waals surface area (Å²) in [5.41, 5.74) is 3.00. The van der Waals surface area contributed by atoms with E-state index in [4.69, 9.17) is 0 Å². The van der Waals surface area contributed by atoms with Crippen LogP contribution in [0.1, 0.15) is 49.0 Å². The Labute approximate surface area is 115 Å². The molecule has 19 heavy (non-hydrogen) atoms. The second-order valence-electron chi connectivity index (χ2n) is 5.61. The molecule has 0 saturated heterocycles. The highest BCUT2D eigenvalue weighted by molar-refractivity contribution is 5.95. The molecule has 1 aliphatic rings. The zero-order valence-corrected chi connectivity index (χ0v) is 12.1. The molecule has 0 aromatic heterocycles. The Hall–Kier alpha value is -1.51. The third-order valence-electron chi connectivity index (χ3n) is 3.62. The Bertz CT molecular complexity index is 452. The van der Waals surface area contributed by atoms with E-state index in [2.05, 4.69) is 24.5 Å². The molecule has 1 aliphatic carbocycles. The number of hydrogen-bond donors (Lipinski definition) is 2. The maximum absolute atomic E-state index is 11.8. The molecular weight excluding hydrogens is 236 g/mol. The fourth-order valence-corrected chi connectivity index (χ4v) is 2.36. The van der Waals surface area contributed by atoms with Crippen molar-refractivity contribution in [1.29, 1.82) is 0 Å². The van der Waals surface area contributed by atoms with E-state index in [0.29, 0.717) is 12.6 Å². The number of amides is 1. The molecule has 2 N–H and O–H groups in total. The number of benzene rings is 1. The minimum absolute atomic E-state index is 0.000367. The van der Waals surface area contributed by atoms with E-state index in [-0.39, 0.29) is 5.91 Å². The molecule has 0 radical (unpaired) electrons. The average molecular weight is 260 g/mol. The van der Waals surface area contributed by atoms with Gasteiger partial charge in [0, 0.05) is 23.8 Å². The summed E-state index contributed by atoms with van der Waals surface area (Å²) >= 11 is 0. The van der Waals surface area contributed by atoms with Crippen LogP contribution in [0.3, 0.4) is 0 Å². The summed E-state index contributed by atoms with van der Waals surface area (Å²) in [5, 5.41) is 6.38. The monoisotopic (exact) mass is 260 g/mol. The summed E-state index contributed by atoms with van der Waals surface area (Å²) < 4.78 is 0. The molecule has 1 saturated carbocycles. The van der Waals surface area contributed by atoms with Crippen LogP contribution in [0.15, 0.2) is 18.2 Å². The molecule has 1 atom stereocenters. The lowest BCUT2D eigenvalue weighted by atomic mass is 10.1. The van der Waals surface area contributed by atoms with Crippen molar-refractivity contribution in [1.82, 2.24) is 5.32 Å². The van der Waals surface area contributed by atoms with Crippen molar-refractivity contribution in [2.45, 2.75) is 46.1 Å². The van der Waals surface area contributed by atoms with Crippen LogP contribution < -0.4 is 10.6 Å². The predicted octanol–water partition coefficient (Wildman–Crippen LogP) is 3.35. The Balaban J connectivity index is 2.05. The van der Waals surface area contributed by atoms with Crippen molar-refractivity contribution >= 4 is 11.6 Å². The maximum Gasteiger partial charge on any atom is 0.251 e. The topological polar surface area (TPSA) is 41.1 Å². The van der Waals surface area contributed by atoms with Crippen molar-refractivity contribution in [2.24, 2.45) is 5.92 Å². The lowest BCUT2D eigenvalue weighted by molar-refractivity contribution is 0.0956. The van der Waals surface area contributed by atoms with E-state index in [9.17, 15) is 4.79 Å². The lowest BCUT2D eigenvalue weighted by Crippen LogP contribution is -2.23. The second kappa shape index (κ2) is 6.09. The Morgan fingerprint density at radius 3 is 2.79 bits per heavy atom. The van der Waals surface area contributed by atoms with Crippen LogP contribution in [0.25, 0.3) is 0 Å². The molecular formula is C16H24N2O. The summed E-state index contributed by atoms with van der Waals surface area (Å²) in [6, 6.07) is 6.33. The SMILES string of the molecule is CCNC(=O)c1ccc(C)c(NC(C)CC2CC2)c1. The molecule has 1 fully saturated rings. The van der Waals surface area contributed by atoms with Gasteiger partial charge in [0.15, 0.2) is 0 Å². The first-order valence-corrected chi connectivity index (χ1v) is 7.25. The smallest absolute Gasteiger partial charge is 0.251 e. The van der Waals surface area contributed by atoms with Gasteiger partial charge in [-0.3, -0.25) is 4.79 Å². The van der Waals surface area contributed by atoms with Crippen molar-refractivity contribution < 1.29 is 4.79 Å². The highest BCUT2D eigenvalue weighted by Crippen LogP contribution is 2.34. The van der Waals surface area contributed by atoms with Gasteiger partial charge < -0.3 is 10.6 Å². The van der Waals surface area contributed by atoms with Crippen LogP contribution in [0.2, 0.25) is 0 Å². The molecule has 0 heterocycles. The third kappa shape index (κ3) is 3.98. The van der Waals surface area contributed by atoms with Gasteiger partial charge in [-0.25, -0.2) is 0 Å². The van der Waals surface area contributed by atoms with Crippen LogP contribution in [0.5, 0.6) is 0 Å². The average Bonchev–Trinajstić information content (AvgIpc) is 3.16. The van der Waals surface area contributed by atoms with Gasteiger partial charge >= 0.3 is 0 Å². The number of rotatable bonds is 6. The summed E-state index contributed by atoms with van der Waals surface area (Å²) in [7, 11) is 0. The van der Waals surface area contributed by atoms with E-state index in [1.54, 1.807) is 0 Å². The number of nitrogens with one attached hydrogen (secondary N) is 2. The minimum atomic E-state index is 0.000367.